The Balaban J connectivity index is 1.48. The lowest BCUT2D eigenvalue weighted by Crippen LogP contribution is -2.63. The molecule has 25 heavy (non-hydrogen) atoms. The molecular formula is C21H30N2O2. The highest BCUT2D eigenvalue weighted by molar-refractivity contribution is 5.89. The number of ether oxygens (including phenoxy) is 1. The van der Waals surface area contributed by atoms with Crippen LogP contribution in [0.25, 0.3) is 0 Å². The van der Waals surface area contributed by atoms with Crippen LogP contribution in [-0.2, 0) is 14.9 Å². The maximum Gasteiger partial charge on any atom is 0.233 e. The van der Waals surface area contributed by atoms with Crippen LogP contribution < -0.4 is 0 Å². The Labute approximate surface area is 151 Å². The summed E-state index contributed by atoms with van der Waals surface area (Å²) in [5, 5.41) is 0. The average molecular weight is 342 g/mol. The van der Waals surface area contributed by atoms with Crippen molar-refractivity contribution in [3.05, 3.63) is 35.9 Å². The van der Waals surface area contributed by atoms with E-state index in [-0.39, 0.29) is 5.41 Å². The number of likely N-dealkylation sites (tertiary alicyclic amines) is 2. The molecule has 0 bridgehead atoms. The van der Waals surface area contributed by atoms with Crippen molar-refractivity contribution in [2.45, 2.75) is 43.6 Å². The Bertz CT molecular complexity index is 618. The fourth-order valence-corrected chi connectivity index (χ4v) is 5.56. The summed E-state index contributed by atoms with van der Waals surface area (Å²) in [6.07, 6.45) is 5.49. The molecular weight excluding hydrogens is 312 g/mol. The van der Waals surface area contributed by atoms with E-state index in [2.05, 4.69) is 41.1 Å². The maximum atomic E-state index is 13.5. The third kappa shape index (κ3) is 2.80. The van der Waals surface area contributed by atoms with Crippen molar-refractivity contribution < 1.29 is 9.53 Å². The van der Waals surface area contributed by atoms with Crippen molar-refractivity contribution in [1.82, 2.24) is 9.80 Å². The van der Waals surface area contributed by atoms with Crippen LogP contribution in [0.1, 0.15) is 37.7 Å². The Kier molecular flexibility index (Phi) is 4.37. The van der Waals surface area contributed by atoms with E-state index < -0.39 is 0 Å². The van der Waals surface area contributed by atoms with Gasteiger partial charge in [0.15, 0.2) is 0 Å². The predicted octanol–water partition coefficient (Wildman–Crippen LogP) is 2.68. The number of nitrogens with zero attached hydrogens (tertiary/aromatic N) is 2. The molecule has 1 aromatic carbocycles. The smallest absolute Gasteiger partial charge is 0.233 e. The molecule has 1 aliphatic carbocycles. The molecule has 0 radical (unpaired) electrons. The van der Waals surface area contributed by atoms with E-state index >= 15 is 0 Å². The average Bonchev–Trinajstić information content (AvgIpc) is 3.21. The van der Waals surface area contributed by atoms with Gasteiger partial charge in [-0.25, -0.2) is 0 Å². The van der Waals surface area contributed by atoms with E-state index in [9.17, 15) is 4.79 Å². The topological polar surface area (TPSA) is 32.8 Å². The number of methoxy groups -OCH3 is 1. The van der Waals surface area contributed by atoms with Crippen molar-refractivity contribution in [2.75, 3.05) is 40.4 Å². The molecule has 3 fully saturated rings. The van der Waals surface area contributed by atoms with Crippen molar-refractivity contribution in [1.29, 1.82) is 0 Å². The van der Waals surface area contributed by atoms with Crippen LogP contribution in [0.4, 0.5) is 0 Å². The number of hydrogen-bond donors (Lipinski definition) is 0. The maximum absolute atomic E-state index is 13.5. The molecule has 4 heteroatoms. The lowest BCUT2D eigenvalue weighted by atomic mass is 9.72. The van der Waals surface area contributed by atoms with Gasteiger partial charge in [-0.15, -0.1) is 0 Å². The van der Waals surface area contributed by atoms with Gasteiger partial charge in [0.1, 0.15) is 0 Å². The molecule has 1 aromatic rings. The van der Waals surface area contributed by atoms with Crippen molar-refractivity contribution in [3.8, 4) is 0 Å². The van der Waals surface area contributed by atoms with Gasteiger partial charge in [0.2, 0.25) is 5.91 Å². The second kappa shape index (κ2) is 6.40. The van der Waals surface area contributed by atoms with Crippen LogP contribution in [0.2, 0.25) is 0 Å². The van der Waals surface area contributed by atoms with Gasteiger partial charge in [-0.2, -0.15) is 0 Å². The molecule has 4 nitrogen and oxygen atoms in total. The minimum Gasteiger partial charge on any atom is -0.383 e. The Hall–Kier alpha value is -1.39. The molecule has 2 aliphatic heterocycles. The first-order chi connectivity index (χ1) is 12.1. The van der Waals surface area contributed by atoms with Gasteiger partial charge in [-0.05, 0) is 31.9 Å². The van der Waals surface area contributed by atoms with Crippen LogP contribution in [0, 0.1) is 5.41 Å². The Morgan fingerprint density at radius 2 is 1.84 bits per heavy atom. The van der Waals surface area contributed by atoms with Crippen molar-refractivity contribution in [3.63, 3.8) is 0 Å². The molecule has 136 valence electrons. The van der Waals surface area contributed by atoms with E-state index in [1.54, 1.807) is 7.11 Å². The highest BCUT2D eigenvalue weighted by Gasteiger charge is 2.55. The number of carbonyl (C=O) groups excluding carboxylic acids is 1. The molecule has 1 unspecified atom stereocenters. The van der Waals surface area contributed by atoms with Gasteiger partial charge < -0.3 is 14.5 Å². The normalized spacial score (nSPS) is 27.6. The predicted molar refractivity (Wildman–Crippen MR) is 98.5 cm³/mol. The Morgan fingerprint density at radius 3 is 2.48 bits per heavy atom. The third-order valence-electron chi connectivity index (χ3n) is 6.77. The highest BCUT2D eigenvalue weighted by Crippen LogP contribution is 2.47. The fourth-order valence-electron chi connectivity index (χ4n) is 5.56. The molecule has 4 rings (SSSR count). The van der Waals surface area contributed by atoms with Crippen LogP contribution in [-0.4, -0.2) is 62.1 Å². The highest BCUT2D eigenvalue weighted by atomic mass is 16.5. The second-order valence-corrected chi connectivity index (χ2v) is 8.54. The molecule has 2 heterocycles. The number of amides is 1. The van der Waals surface area contributed by atoms with Crippen LogP contribution in [0.3, 0.4) is 0 Å². The zero-order chi connectivity index (χ0) is 17.5. The van der Waals surface area contributed by atoms with Crippen LogP contribution >= 0.6 is 0 Å². The first-order valence-electron chi connectivity index (χ1n) is 9.63. The van der Waals surface area contributed by atoms with Gasteiger partial charge >= 0.3 is 0 Å². The monoisotopic (exact) mass is 342 g/mol. The summed E-state index contributed by atoms with van der Waals surface area (Å²) in [6, 6.07) is 11.0. The number of rotatable bonds is 4. The minimum absolute atomic E-state index is 0.265. The van der Waals surface area contributed by atoms with E-state index in [1.807, 2.05) is 6.07 Å². The molecule has 1 saturated carbocycles. The minimum atomic E-state index is -0.265. The Morgan fingerprint density at radius 1 is 1.16 bits per heavy atom. The molecule has 2 saturated heterocycles. The summed E-state index contributed by atoms with van der Waals surface area (Å²) in [5.41, 5.74) is 1.25. The number of carbonyl (C=O) groups is 1. The van der Waals surface area contributed by atoms with Gasteiger partial charge in [0.05, 0.1) is 12.0 Å². The third-order valence-corrected chi connectivity index (χ3v) is 6.77. The zero-order valence-electron chi connectivity index (χ0n) is 15.5. The summed E-state index contributed by atoms with van der Waals surface area (Å²) in [6.45, 7) is 3.72. The number of benzene rings is 1. The lowest BCUT2D eigenvalue weighted by Gasteiger charge is -2.51. The van der Waals surface area contributed by atoms with E-state index in [0.717, 1.165) is 58.3 Å². The number of likely N-dealkylation sites (N-methyl/N-ethyl adjacent to an activating group) is 1. The first kappa shape index (κ1) is 17.0. The van der Waals surface area contributed by atoms with Crippen molar-refractivity contribution >= 4 is 5.91 Å². The molecule has 0 aromatic heterocycles. The SMILES string of the molecule is COCC1CC2(CN(C(=O)C3(c4ccccc4)CCCC3)C2)CN1C. The van der Waals surface area contributed by atoms with Crippen LogP contribution in [0.5, 0.6) is 0 Å². The van der Waals surface area contributed by atoms with Gasteiger partial charge in [-0.3, -0.25) is 4.79 Å². The van der Waals surface area contributed by atoms with E-state index in [0.29, 0.717) is 17.4 Å². The molecule has 0 N–H and O–H groups in total. The number of hydrogen-bond acceptors (Lipinski definition) is 3. The lowest BCUT2D eigenvalue weighted by molar-refractivity contribution is -0.149. The molecule has 1 amide bonds. The summed E-state index contributed by atoms with van der Waals surface area (Å²) in [5.74, 6) is 0.375. The second-order valence-electron chi connectivity index (χ2n) is 8.54. The zero-order valence-corrected chi connectivity index (χ0v) is 15.5. The summed E-state index contributed by atoms with van der Waals surface area (Å²) < 4.78 is 5.37. The van der Waals surface area contributed by atoms with Crippen molar-refractivity contribution in [2.24, 2.45) is 5.41 Å². The largest absolute Gasteiger partial charge is 0.383 e. The molecule has 1 spiro atoms. The van der Waals surface area contributed by atoms with Gasteiger partial charge in [0.25, 0.3) is 0 Å². The summed E-state index contributed by atoms with van der Waals surface area (Å²) in [4.78, 5) is 18.0. The quantitative estimate of drug-likeness (QED) is 0.843. The molecule has 1 atom stereocenters. The fraction of sp³-hybridized carbons (Fsp3) is 0.667. The molecule has 3 aliphatic rings. The van der Waals surface area contributed by atoms with Gasteiger partial charge in [-0.1, -0.05) is 43.2 Å². The van der Waals surface area contributed by atoms with E-state index in [4.69, 9.17) is 4.74 Å². The standard InChI is InChI=1S/C21H30N2O2/c1-22-14-20(12-18(22)13-25-2)15-23(16-20)19(24)21(10-6-7-11-21)17-8-4-3-5-9-17/h3-5,8-9,18H,6-7,10-16H2,1-2H3. The summed E-state index contributed by atoms with van der Waals surface area (Å²) in [7, 11) is 3.96. The summed E-state index contributed by atoms with van der Waals surface area (Å²) >= 11 is 0. The first-order valence-corrected chi connectivity index (χ1v) is 9.63. The van der Waals surface area contributed by atoms with E-state index in [1.165, 1.54) is 5.56 Å². The van der Waals surface area contributed by atoms with Crippen LogP contribution in [0.15, 0.2) is 30.3 Å². The van der Waals surface area contributed by atoms with Gasteiger partial charge in [0, 0.05) is 38.2 Å².